The van der Waals surface area contributed by atoms with Crippen molar-refractivity contribution in [2.45, 2.75) is 13.5 Å². The van der Waals surface area contributed by atoms with Gasteiger partial charge < -0.3 is 10.1 Å². The smallest absolute Gasteiger partial charge is 0.251 e. The molecule has 0 atom stereocenters. The Morgan fingerprint density at radius 1 is 1.08 bits per heavy atom. The van der Waals surface area contributed by atoms with E-state index >= 15 is 0 Å². The molecule has 5 nitrogen and oxygen atoms in total. The molecule has 0 unspecified atom stereocenters. The summed E-state index contributed by atoms with van der Waals surface area (Å²) in [4.78, 5) is 12.1. The Morgan fingerprint density at radius 3 is 2.46 bits per heavy atom. The molecule has 0 spiro atoms. The van der Waals surface area contributed by atoms with Crippen molar-refractivity contribution in [2.24, 2.45) is 0 Å². The molecule has 1 heterocycles. The molecular weight excluding hydrogens is 302 g/mol. The van der Waals surface area contributed by atoms with Crippen LogP contribution in [0.25, 0.3) is 11.1 Å². The van der Waals surface area contributed by atoms with Crippen LogP contribution >= 0.6 is 0 Å². The maximum atomic E-state index is 12.1. The topological polar surface area (TPSA) is 67.0 Å². The molecule has 3 aromatic rings. The van der Waals surface area contributed by atoms with E-state index in [-0.39, 0.29) is 12.5 Å². The zero-order valence-electron chi connectivity index (χ0n) is 13.5. The number of hydrogen-bond donors (Lipinski definition) is 2. The van der Waals surface area contributed by atoms with E-state index in [1.165, 1.54) is 0 Å². The Balaban J connectivity index is 1.61. The molecule has 24 heavy (non-hydrogen) atoms. The van der Waals surface area contributed by atoms with Crippen LogP contribution in [0.5, 0.6) is 0 Å². The molecule has 0 bridgehead atoms. The van der Waals surface area contributed by atoms with Crippen LogP contribution in [-0.4, -0.2) is 22.7 Å². The van der Waals surface area contributed by atoms with E-state index < -0.39 is 0 Å². The fourth-order valence-corrected chi connectivity index (χ4v) is 2.48. The van der Waals surface area contributed by atoms with Gasteiger partial charge in [0.1, 0.15) is 6.61 Å². The number of aryl methyl sites for hydroxylation is 1. The molecule has 0 fully saturated rings. The number of aromatic amines is 1. The van der Waals surface area contributed by atoms with Crippen molar-refractivity contribution < 1.29 is 9.53 Å². The second-order valence-corrected chi connectivity index (χ2v) is 5.46. The van der Waals surface area contributed by atoms with Crippen LogP contribution in [0.2, 0.25) is 0 Å². The highest BCUT2D eigenvalue weighted by molar-refractivity contribution is 5.95. The van der Waals surface area contributed by atoms with Crippen LogP contribution in [0.4, 0.5) is 5.82 Å². The van der Waals surface area contributed by atoms with Gasteiger partial charge in [-0.15, -0.1) is 0 Å². The molecule has 0 saturated carbocycles. The standard InChI is InChI=1S/C19H19N3O2/c1-14-18(16-10-6-3-7-11-16)19(22-21-14)20-17(23)13-24-12-15-8-4-2-5-9-15/h2-11H,12-13H2,1H3,(H2,20,21,22,23). The summed E-state index contributed by atoms with van der Waals surface area (Å²) in [5, 5.41) is 9.91. The molecule has 0 saturated heterocycles. The average molecular weight is 321 g/mol. The fraction of sp³-hybridized carbons (Fsp3) is 0.158. The van der Waals surface area contributed by atoms with Crippen molar-refractivity contribution >= 4 is 11.7 Å². The molecule has 0 radical (unpaired) electrons. The van der Waals surface area contributed by atoms with E-state index in [9.17, 15) is 4.79 Å². The van der Waals surface area contributed by atoms with Crippen molar-refractivity contribution in [3.63, 3.8) is 0 Å². The minimum atomic E-state index is -0.227. The van der Waals surface area contributed by atoms with Crippen LogP contribution in [0.3, 0.4) is 0 Å². The van der Waals surface area contributed by atoms with Gasteiger partial charge in [-0.25, -0.2) is 0 Å². The lowest BCUT2D eigenvalue weighted by Gasteiger charge is -2.07. The van der Waals surface area contributed by atoms with Gasteiger partial charge in [0.05, 0.1) is 6.61 Å². The number of aromatic nitrogens is 2. The van der Waals surface area contributed by atoms with E-state index in [0.717, 1.165) is 22.4 Å². The number of benzene rings is 2. The largest absolute Gasteiger partial charge is 0.367 e. The molecule has 5 heteroatoms. The zero-order valence-corrected chi connectivity index (χ0v) is 13.5. The lowest BCUT2D eigenvalue weighted by atomic mass is 10.1. The Labute approximate surface area is 140 Å². The van der Waals surface area contributed by atoms with Crippen LogP contribution in [0.1, 0.15) is 11.3 Å². The summed E-state index contributed by atoms with van der Waals surface area (Å²) in [6.45, 7) is 2.31. The lowest BCUT2D eigenvalue weighted by molar-refractivity contribution is -0.121. The first-order valence-corrected chi connectivity index (χ1v) is 7.76. The first-order chi connectivity index (χ1) is 11.7. The van der Waals surface area contributed by atoms with Crippen molar-refractivity contribution in [1.82, 2.24) is 10.2 Å². The number of anilines is 1. The molecule has 1 amide bonds. The maximum Gasteiger partial charge on any atom is 0.251 e. The third-order valence-corrected chi connectivity index (χ3v) is 3.61. The molecule has 0 aliphatic carbocycles. The minimum absolute atomic E-state index is 0.0188. The van der Waals surface area contributed by atoms with E-state index in [1.54, 1.807) is 0 Å². The van der Waals surface area contributed by atoms with Crippen LogP contribution < -0.4 is 5.32 Å². The van der Waals surface area contributed by atoms with E-state index in [0.29, 0.717) is 12.4 Å². The number of nitrogens with zero attached hydrogens (tertiary/aromatic N) is 1. The molecule has 2 N–H and O–H groups in total. The first-order valence-electron chi connectivity index (χ1n) is 7.76. The van der Waals surface area contributed by atoms with Gasteiger partial charge in [0.2, 0.25) is 0 Å². The minimum Gasteiger partial charge on any atom is -0.367 e. The Kier molecular flexibility index (Phi) is 5.03. The van der Waals surface area contributed by atoms with E-state index in [2.05, 4.69) is 15.5 Å². The van der Waals surface area contributed by atoms with E-state index in [4.69, 9.17) is 4.74 Å². The molecule has 3 rings (SSSR count). The van der Waals surface area contributed by atoms with Gasteiger partial charge in [-0.05, 0) is 18.1 Å². The molecule has 122 valence electrons. The van der Waals surface area contributed by atoms with Crippen LogP contribution in [-0.2, 0) is 16.1 Å². The number of amides is 1. The van der Waals surface area contributed by atoms with Gasteiger partial charge in [-0.1, -0.05) is 60.7 Å². The highest BCUT2D eigenvalue weighted by atomic mass is 16.5. The Bertz CT molecular complexity index is 798. The van der Waals surface area contributed by atoms with Gasteiger partial charge in [-0.2, -0.15) is 5.10 Å². The SMILES string of the molecule is Cc1[nH]nc(NC(=O)COCc2ccccc2)c1-c1ccccc1. The van der Waals surface area contributed by atoms with Gasteiger partial charge in [0, 0.05) is 11.3 Å². The zero-order chi connectivity index (χ0) is 16.8. The second-order valence-electron chi connectivity index (χ2n) is 5.46. The number of carbonyl (C=O) groups excluding carboxylic acids is 1. The monoisotopic (exact) mass is 321 g/mol. The molecule has 0 aliphatic rings. The highest BCUT2D eigenvalue weighted by Crippen LogP contribution is 2.28. The molecule has 1 aromatic heterocycles. The Morgan fingerprint density at radius 2 is 1.75 bits per heavy atom. The number of nitrogens with one attached hydrogen (secondary N) is 2. The quantitative estimate of drug-likeness (QED) is 0.730. The summed E-state index contributed by atoms with van der Waals surface area (Å²) in [5.41, 5.74) is 3.84. The molecule has 2 aromatic carbocycles. The first kappa shape index (κ1) is 16.0. The summed E-state index contributed by atoms with van der Waals surface area (Å²) in [6, 6.07) is 19.6. The van der Waals surface area contributed by atoms with Crippen molar-refractivity contribution in [3.05, 3.63) is 71.9 Å². The van der Waals surface area contributed by atoms with Gasteiger partial charge in [0.25, 0.3) is 5.91 Å². The van der Waals surface area contributed by atoms with Crippen molar-refractivity contribution in [2.75, 3.05) is 11.9 Å². The predicted molar refractivity (Wildman–Crippen MR) is 93.5 cm³/mol. The number of ether oxygens (including phenoxy) is 1. The summed E-state index contributed by atoms with van der Waals surface area (Å²) >= 11 is 0. The predicted octanol–water partition coefficient (Wildman–Crippen LogP) is 3.54. The summed E-state index contributed by atoms with van der Waals surface area (Å²) in [7, 11) is 0. The lowest BCUT2D eigenvalue weighted by Crippen LogP contribution is -2.18. The third kappa shape index (κ3) is 3.88. The molecular formula is C19H19N3O2. The third-order valence-electron chi connectivity index (χ3n) is 3.61. The normalized spacial score (nSPS) is 10.5. The van der Waals surface area contributed by atoms with E-state index in [1.807, 2.05) is 67.6 Å². The number of hydrogen-bond acceptors (Lipinski definition) is 3. The maximum absolute atomic E-state index is 12.1. The summed E-state index contributed by atoms with van der Waals surface area (Å²) in [5.74, 6) is 0.293. The fourth-order valence-electron chi connectivity index (χ4n) is 2.48. The van der Waals surface area contributed by atoms with Gasteiger partial charge in [0.15, 0.2) is 5.82 Å². The van der Waals surface area contributed by atoms with Gasteiger partial charge in [-0.3, -0.25) is 9.89 Å². The van der Waals surface area contributed by atoms with Crippen molar-refractivity contribution in [3.8, 4) is 11.1 Å². The average Bonchev–Trinajstić information content (AvgIpc) is 2.97. The summed E-state index contributed by atoms with van der Waals surface area (Å²) in [6.07, 6.45) is 0. The second kappa shape index (κ2) is 7.57. The highest BCUT2D eigenvalue weighted by Gasteiger charge is 2.14. The van der Waals surface area contributed by atoms with Crippen molar-refractivity contribution in [1.29, 1.82) is 0 Å². The summed E-state index contributed by atoms with van der Waals surface area (Å²) < 4.78 is 5.46. The molecule has 0 aliphatic heterocycles. The van der Waals surface area contributed by atoms with Crippen LogP contribution in [0.15, 0.2) is 60.7 Å². The van der Waals surface area contributed by atoms with Crippen LogP contribution in [0, 0.1) is 6.92 Å². The number of rotatable bonds is 6. The number of carbonyl (C=O) groups is 1. The van der Waals surface area contributed by atoms with Gasteiger partial charge >= 0.3 is 0 Å². The number of H-pyrrole nitrogens is 1. The Hall–Kier alpha value is -2.92.